The van der Waals surface area contributed by atoms with Crippen LogP contribution in [0.4, 0.5) is 0 Å². The molecule has 0 aliphatic rings. The zero-order valence-corrected chi connectivity index (χ0v) is 7.73. The lowest BCUT2D eigenvalue weighted by Gasteiger charge is -2.17. The van der Waals surface area contributed by atoms with Crippen molar-refractivity contribution in [2.24, 2.45) is 0 Å². The van der Waals surface area contributed by atoms with Crippen LogP contribution in [0.3, 0.4) is 0 Å². The van der Waals surface area contributed by atoms with Crippen molar-refractivity contribution < 1.29 is 4.74 Å². The van der Waals surface area contributed by atoms with E-state index in [-0.39, 0.29) is 0 Å². The number of hydrogen-bond donors (Lipinski definition) is 1. The van der Waals surface area contributed by atoms with Gasteiger partial charge in [-0.05, 0) is 6.54 Å². The second-order valence-electron chi connectivity index (χ2n) is 2.15. The zero-order valence-electron chi connectivity index (χ0n) is 6.84. The molecule has 0 N–H and O–H groups in total. The van der Waals surface area contributed by atoms with E-state index < -0.39 is 0 Å². The van der Waals surface area contributed by atoms with Crippen molar-refractivity contribution in [2.75, 3.05) is 39.1 Å². The van der Waals surface area contributed by atoms with Crippen LogP contribution in [0.15, 0.2) is 0 Å². The third-order valence-electron chi connectivity index (χ3n) is 1.48. The SMILES string of the molecule is CCN(CCS)CCOC. The highest BCUT2D eigenvalue weighted by atomic mass is 32.1. The molecule has 0 atom stereocenters. The van der Waals surface area contributed by atoms with Crippen LogP contribution in [0.5, 0.6) is 0 Å². The number of methoxy groups -OCH3 is 1. The summed E-state index contributed by atoms with van der Waals surface area (Å²) in [7, 11) is 1.73. The molecule has 0 radical (unpaired) electrons. The van der Waals surface area contributed by atoms with Crippen LogP contribution in [0, 0.1) is 0 Å². The summed E-state index contributed by atoms with van der Waals surface area (Å²) in [5.74, 6) is 0.928. The summed E-state index contributed by atoms with van der Waals surface area (Å²) in [6.07, 6.45) is 0. The molecule has 0 aliphatic heterocycles. The van der Waals surface area contributed by atoms with E-state index in [1.54, 1.807) is 7.11 Å². The van der Waals surface area contributed by atoms with Gasteiger partial charge in [0.2, 0.25) is 0 Å². The average Bonchev–Trinajstić information content (AvgIpc) is 1.98. The van der Waals surface area contributed by atoms with Crippen molar-refractivity contribution >= 4 is 12.6 Å². The third-order valence-corrected chi connectivity index (χ3v) is 1.68. The van der Waals surface area contributed by atoms with Gasteiger partial charge in [-0.25, -0.2) is 0 Å². The lowest BCUT2D eigenvalue weighted by molar-refractivity contribution is 0.154. The maximum absolute atomic E-state index is 4.95. The molecule has 3 heteroatoms. The molecule has 10 heavy (non-hydrogen) atoms. The number of thiol groups is 1. The Labute approximate surface area is 69.0 Å². The van der Waals surface area contributed by atoms with Gasteiger partial charge in [-0.3, -0.25) is 0 Å². The summed E-state index contributed by atoms with van der Waals surface area (Å²) in [5.41, 5.74) is 0. The predicted molar refractivity (Wildman–Crippen MR) is 47.8 cm³/mol. The van der Waals surface area contributed by atoms with Crippen molar-refractivity contribution in [1.82, 2.24) is 4.90 Å². The summed E-state index contributed by atoms with van der Waals surface area (Å²) in [6, 6.07) is 0. The van der Waals surface area contributed by atoms with Crippen LogP contribution >= 0.6 is 12.6 Å². The molecular weight excluding hydrogens is 146 g/mol. The lowest BCUT2D eigenvalue weighted by atomic mass is 10.5. The van der Waals surface area contributed by atoms with E-state index in [4.69, 9.17) is 4.74 Å². The van der Waals surface area contributed by atoms with Crippen LogP contribution < -0.4 is 0 Å². The Hall–Kier alpha value is 0.270. The molecule has 0 unspecified atom stereocenters. The van der Waals surface area contributed by atoms with E-state index in [2.05, 4.69) is 24.5 Å². The molecule has 0 bridgehead atoms. The van der Waals surface area contributed by atoms with Crippen LogP contribution in [-0.2, 0) is 4.74 Å². The van der Waals surface area contributed by atoms with Crippen molar-refractivity contribution in [1.29, 1.82) is 0 Å². The summed E-state index contributed by atoms with van der Waals surface area (Å²) < 4.78 is 4.95. The Balaban J connectivity index is 3.21. The minimum absolute atomic E-state index is 0.821. The molecule has 0 saturated heterocycles. The van der Waals surface area contributed by atoms with E-state index in [0.717, 1.165) is 32.0 Å². The predicted octanol–water partition coefficient (Wildman–Crippen LogP) is 0.884. The normalized spacial score (nSPS) is 10.8. The van der Waals surface area contributed by atoms with Crippen molar-refractivity contribution in [3.05, 3.63) is 0 Å². The van der Waals surface area contributed by atoms with Gasteiger partial charge in [0, 0.05) is 26.0 Å². The number of ether oxygens (including phenoxy) is 1. The number of hydrogen-bond acceptors (Lipinski definition) is 3. The molecule has 0 aliphatic carbocycles. The van der Waals surface area contributed by atoms with E-state index in [1.807, 2.05) is 0 Å². The van der Waals surface area contributed by atoms with Crippen molar-refractivity contribution in [3.63, 3.8) is 0 Å². The van der Waals surface area contributed by atoms with E-state index >= 15 is 0 Å². The third kappa shape index (κ3) is 5.09. The molecule has 0 amide bonds. The van der Waals surface area contributed by atoms with Gasteiger partial charge in [-0.1, -0.05) is 6.92 Å². The molecule has 0 heterocycles. The average molecular weight is 163 g/mol. The highest BCUT2D eigenvalue weighted by molar-refractivity contribution is 7.80. The molecule has 0 fully saturated rings. The Morgan fingerprint density at radius 3 is 2.50 bits per heavy atom. The van der Waals surface area contributed by atoms with Gasteiger partial charge in [0.1, 0.15) is 0 Å². The molecule has 62 valence electrons. The second-order valence-corrected chi connectivity index (χ2v) is 2.60. The maximum Gasteiger partial charge on any atom is 0.0589 e. The fourth-order valence-electron chi connectivity index (χ4n) is 0.790. The first-order chi connectivity index (χ1) is 4.85. The van der Waals surface area contributed by atoms with E-state index in [1.165, 1.54) is 0 Å². The van der Waals surface area contributed by atoms with Crippen LogP contribution in [0.1, 0.15) is 6.92 Å². The van der Waals surface area contributed by atoms with E-state index in [9.17, 15) is 0 Å². The van der Waals surface area contributed by atoms with E-state index in [0.29, 0.717) is 0 Å². The minimum atomic E-state index is 0.821. The fraction of sp³-hybridized carbons (Fsp3) is 1.00. The lowest BCUT2D eigenvalue weighted by Crippen LogP contribution is -2.28. The van der Waals surface area contributed by atoms with Crippen LogP contribution in [0.25, 0.3) is 0 Å². The molecule has 2 nitrogen and oxygen atoms in total. The zero-order chi connectivity index (χ0) is 7.82. The topological polar surface area (TPSA) is 12.5 Å². The van der Waals surface area contributed by atoms with Gasteiger partial charge in [0.15, 0.2) is 0 Å². The Morgan fingerprint density at radius 2 is 2.10 bits per heavy atom. The molecule has 0 spiro atoms. The molecule has 0 aromatic carbocycles. The van der Waals surface area contributed by atoms with Gasteiger partial charge in [-0.15, -0.1) is 0 Å². The van der Waals surface area contributed by atoms with Gasteiger partial charge in [0.05, 0.1) is 6.61 Å². The van der Waals surface area contributed by atoms with Gasteiger partial charge >= 0.3 is 0 Å². The van der Waals surface area contributed by atoms with Gasteiger partial charge in [-0.2, -0.15) is 12.6 Å². The number of nitrogens with zero attached hydrogens (tertiary/aromatic N) is 1. The van der Waals surface area contributed by atoms with Crippen molar-refractivity contribution in [2.45, 2.75) is 6.92 Å². The smallest absolute Gasteiger partial charge is 0.0589 e. The summed E-state index contributed by atoms with van der Waals surface area (Å²) >= 11 is 4.15. The summed E-state index contributed by atoms with van der Waals surface area (Å²) in [6.45, 7) is 6.14. The van der Waals surface area contributed by atoms with Gasteiger partial charge < -0.3 is 9.64 Å². The molecule has 0 aromatic rings. The second kappa shape index (κ2) is 7.38. The summed E-state index contributed by atoms with van der Waals surface area (Å²) in [5, 5.41) is 0. The Bertz CT molecular complexity index is 70.6. The summed E-state index contributed by atoms with van der Waals surface area (Å²) in [4.78, 5) is 2.32. The standard InChI is InChI=1S/C7H17NOS/c1-3-8(5-7-10)4-6-9-2/h10H,3-7H2,1-2H3. The highest BCUT2D eigenvalue weighted by Gasteiger charge is 1.97. The first kappa shape index (κ1) is 10.3. The van der Waals surface area contributed by atoms with Gasteiger partial charge in [0.25, 0.3) is 0 Å². The van der Waals surface area contributed by atoms with Crippen molar-refractivity contribution in [3.8, 4) is 0 Å². The minimum Gasteiger partial charge on any atom is -0.383 e. The first-order valence-corrected chi connectivity index (χ1v) is 4.30. The molecule has 0 aromatic heterocycles. The molecular formula is C7H17NOS. The Morgan fingerprint density at radius 1 is 1.40 bits per heavy atom. The maximum atomic E-state index is 4.95. The molecule has 0 rings (SSSR count). The Kier molecular flexibility index (Phi) is 7.58. The monoisotopic (exact) mass is 163 g/mol. The number of rotatable bonds is 6. The highest BCUT2D eigenvalue weighted by Crippen LogP contribution is 1.88. The number of likely N-dealkylation sites (N-methyl/N-ethyl adjacent to an activating group) is 1. The largest absolute Gasteiger partial charge is 0.383 e. The first-order valence-electron chi connectivity index (χ1n) is 3.67. The fourth-order valence-corrected chi connectivity index (χ4v) is 1.07. The quantitative estimate of drug-likeness (QED) is 0.584. The molecule has 0 saturated carbocycles. The van der Waals surface area contributed by atoms with Crippen LogP contribution in [-0.4, -0.2) is 44.0 Å². The van der Waals surface area contributed by atoms with Crippen LogP contribution in [0.2, 0.25) is 0 Å².